The molecule has 0 bridgehead atoms. The van der Waals surface area contributed by atoms with Gasteiger partial charge in [0, 0.05) is 6.54 Å². The molecule has 0 aromatic rings. The molecule has 3 heteroatoms. The number of rotatable bonds is 7. The number of hydrogen-bond acceptors (Lipinski definition) is 3. The van der Waals surface area contributed by atoms with Crippen molar-refractivity contribution < 1.29 is 0 Å². The van der Waals surface area contributed by atoms with Gasteiger partial charge in [0.1, 0.15) is 0 Å². The second-order valence-electron chi connectivity index (χ2n) is 3.37. The van der Waals surface area contributed by atoms with Crippen molar-refractivity contribution in [3.8, 4) is 6.07 Å². The van der Waals surface area contributed by atoms with Gasteiger partial charge in [0.2, 0.25) is 0 Å². The van der Waals surface area contributed by atoms with Crippen LogP contribution in [-0.2, 0) is 0 Å². The van der Waals surface area contributed by atoms with E-state index in [1.54, 1.807) is 0 Å². The fourth-order valence-corrected chi connectivity index (χ4v) is 1.35. The fraction of sp³-hybridized carbons (Fsp3) is 0.900. The molecule has 3 nitrogen and oxygen atoms in total. The topological polar surface area (TPSA) is 53.0 Å². The third kappa shape index (κ3) is 6.56. The van der Waals surface area contributed by atoms with E-state index < -0.39 is 0 Å². The quantitative estimate of drug-likeness (QED) is 0.648. The van der Waals surface area contributed by atoms with Crippen LogP contribution in [0.2, 0.25) is 0 Å². The van der Waals surface area contributed by atoms with E-state index >= 15 is 0 Å². The van der Waals surface area contributed by atoms with Crippen molar-refractivity contribution in [3.05, 3.63) is 0 Å². The zero-order valence-electron chi connectivity index (χ0n) is 8.79. The van der Waals surface area contributed by atoms with Crippen LogP contribution in [0.25, 0.3) is 0 Å². The monoisotopic (exact) mass is 183 g/mol. The van der Waals surface area contributed by atoms with E-state index in [4.69, 9.17) is 11.0 Å². The Hall–Kier alpha value is -0.590. The van der Waals surface area contributed by atoms with Crippen molar-refractivity contribution in [1.29, 1.82) is 5.26 Å². The summed E-state index contributed by atoms with van der Waals surface area (Å²) in [5.74, 6) is 0. The van der Waals surface area contributed by atoms with Crippen molar-refractivity contribution in [2.24, 2.45) is 5.73 Å². The van der Waals surface area contributed by atoms with Gasteiger partial charge in [-0.15, -0.1) is 0 Å². The van der Waals surface area contributed by atoms with Crippen molar-refractivity contribution in [3.63, 3.8) is 0 Å². The molecule has 2 N–H and O–H groups in total. The molecule has 0 heterocycles. The normalized spacial score (nSPS) is 12.8. The van der Waals surface area contributed by atoms with Crippen LogP contribution in [0.3, 0.4) is 0 Å². The van der Waals surface area contributed by atoms with Crippen molar-refractivity contribution in [2.75, 3.05) is 19.6 Å². The standard InChI is InChI=1S/C10H21N3/c1-3-6-13(7-4-2)8-5-10(12)9-11/h10H,3-8,12H2,1-2H3. The van der Waals surface area contributed by atoms with Crippen molar-refractivity contribution in [1.82, 2.24) is 4.90 Å². The molecule has 0 aliphatic rings. The minimum absolute atomic E-state index is 0.295. The highest BCUT2D eigenvalue weighted by molar-refractivity contribution is 4.86. The highest BCUT2D eigenvalue weighted by Gasteiger charge is 2.05. The van der Waals surface area contributed by atoms with Crippen LogP contribution in [-0.4, -0.2) is 30.6 Å². The van der Waals surface area contributed by atoms with E-state index in [9.17, 15) is 0 Å². The summed E-state index contributed by atoms with van der Waals surface area (Å²) in [5.41, 5.74) is 5.53. The maximum absolute atomic E-state index is 8.51. The summed E-state index contributed by atoms with van der Waals surface area (Å²) >= 11 is 0. The summed E-state index contributed by atoms with van der Waals surface area (Å²) in [7, 11) is 0. The molecule has 0 rings (SSSR count). The minimum Gasteiger partial charge on any atom is -0.316 e. The van der Waals surface area contributed by atoms with Gasteiger partial charge in [-0.05, 0) is 32.4 Å². The lowest BCUT2D eigenvalue weighted by Gasteiger charge is -2.21. The van der Waals surface area contributed by atoms with Gasteiger partial charge < -0.3 is 10.6 Å². The predicted octanol–water partition coefficient (Wildman–Crippen LogP) is 1.35. The van der Waals surface area contributed by atoms with Crippen molar-refractivity contribution >= 4 is 0 Å². The molecule has 1 unspecified atom stereocenters. The summed E-state index contributed by atoms with van der Waals surface area (Å²) in [6.07, 6.45) is 3.13. The summed E-state index contributed by atoms with van der Waals surface area (Å²) in [4.78, 5) is 2.37. The molecule has 0 radical (unpaired) electrons. The Bertz CT molecular complexity index is 145. The zero-order valence-corrected chi connectivity index (χ0v) is 8.79. The Morgan fingerprint density at radius 3 is 2.15 bits per heavy atom. The average Bonchev–Trinajstić information content (AvgIpc) is 2.14. The lowest BCUT2D eigenvalue weighted by Crippen LogP contribution is -2.31. The van der Waals surface area contributed by atoms with Crippen LogP contribution in [0, 0.1) is 11.3 Å². The average molecular weight is 183 g/mol. The summed E-state index contributed by atoms with van der Waals surface area (Å²) in [5, 5.41) is 8.51. The van der Waals surface area contributed by atoms with Gasteiger partial charge in [0.15, 0.2) is 0 Å². The smallest absolute Gasteiger partial charge is 0.0940 e. The lowest BCUT2D eigenvalue weighted by atomic mass is 10.2. The van der Waals surface area contributed by atoms with E-state index in [0.29, 0.717) is 0 Å². The van der Waals surface area contributed by atoms with E-state index in [1.165, 1.54) is 12.8 Å². The summed E-state index contributed by atoms with van der Waals surface area (Å²) in [6.45, 7) is 7.54. The molecular formula is C10H21N3. The Morgan fingerprint density at radius 1 is 1.23 bits per heavy atom. The molecule has 0 aromatic heterocycles. The molecule has 0 saturated heterocycles. The molecule has 0 spiro atoms. The van der Waals surface area contributed by atoms with Crippen LogP contribution < -0.4 is 5.73 Å². The van der Waals surface area contributed by atoms with Crippen molar-refractivity contribution in [2.45, 2.75) is 39.2 Å². The first-order valence-corrected chi connectivity index (χ1v) is 5.12. The van der Waals surface area contributed by atoms with Gasteiger partial charge in [-0.1, -0.05) is 13.8 Å². The third-order valence-corrected chi connectivity index (χ3v) is 2.00. The number of hydrogen-bond donors (Lipinski definition) is 1. The first-order chi connectivity index (χ1) is 6.24. The highest BCUT2D eigenvalue weighted by atomic mass is 15.1. The third-order valence-electron chi connectivity index (χ3n) is 2.00. The largest absolute Gasteiger partial charge is 0.316 e. The Kier molecular flexibility index (Phi) is 7.66. The molecule has 0 aromatic carbocycles. The van der Waals surface area contributed by atoms with E-state index in [-0.39, 0.29) is 6.04 Å². The maximum atomic E-state index is 8.51. The molecule has 0 amide bonds. The summed E-state index contributed by atoms with van der Waals surface area (Å²) < 4.78 is 0. The number of nitriles is 1. The fourth-order valence-electron chi connectivity index (χ4n) is 1.35. The molecular weight excluding hydrogens is 162 g/mol. The zero-order chi connectivity index (χ0) is 10.1. The van der Waals surface area contributed by atoms with Gasteiger partial charge in [0.25, 0.3) is 0 Å². The molecule has 0 fully saturated rings. The van der Waals surface area contributed by atoms with Gasteiger partial charge in [-0.25, -0.2) is 0 Å². The number of nitrogens with two attached hydrogens (primary N) is 1. The lowest BCUT2D eigenvalue weighted by molar-refractivity contribution is 0.268. The minimum atomic E-state index is -0.295. The molecule has 0 aliphatic heterocycles. The highest BCUT2D eigenvalue weighted by Crippen LogP contribution is 1.97. The predicted molar refractivity (Wildman–Crippen MR) is 55.2 cm³/mol. The van der Waals surface area contributed by atoms with Gasteiger partial charge in [0.05, 0.1) is 12.1 Å². The molecule has 1 atom stereocenters. The van der Waals surface area contributed by atoms with Crippen LogP contribution in [0.4, 0.5) is 0 Å². The van der Waals surface area contributed by atoms with Crippen LogP contribution >= 0.6 is 0 Å². The SMILES string of the molecule is CCCN(CCC)CCC(N)C#N. The van der Waals surface area contributed by atoms with Crippen LogP contribution in [0.1, 0.15) is 33.1 Å². The van der Waals surface area contributed by atoms with E-state index in [2.05, 4.69) is 24.8 Å². The molecule has 0 saturated carbocycles. The number of nitrogens with zero attached hydrogens (tertiary/aromatic N) is 2. The van der Waals surface area contributed by atoms with Gasteiger partial charge in [-0.3, -0.25) is 0 Å². The second kappa shape index (κ2) is 8.03. The van der Waals surface area contributed by atoms with E-state index in [1.807, 2.05) is 0 Å². The van der Waals surface area contributed by atoms with Crippen LogP contribution in [0.5, 0.6) is 0 Å². The second-order valence-corrected chi connectivity index (χ2v) is 3.37. The Morgan fingerprint density at radius 2 is 1.77 bits per heavy atom. The maximum Gasteiger partial charge on any atom is 0.0940 e. The van der Waals surface area contributed by atoms with E-state index in [0.717, 1.165) is 26.1 Å². The Balaban J connectivity index is 3.62. The Labute approximate surface area is 81.5 Å². The first kappa shape index (κ1) is 12.4. The summed E-state index contributed by atoms with van der Waals surface area (Å²) in [6, 6.07) is 1.76. The molecule has 0 aliphatic carbocycles. The van der Waals surface area contributed by atoms with Gasteiger partial charge >= 0.3 is 0 Å². The first-order valence-electron chi connectivity index (χ1n) is 5.12. The van der Waals surface area contributed by atoms with Gasteiger partial charge in [-0.2, -0.15) is 5.26 Å². The van der Waals surface area contributed by atoms with Crippen LogP contribution in [0.15, 0.2) is 0 Å². The molecule has 76 valence electrons. The molecule has 13 heavy (non-hydrogen) atoms.